The van der Waals surface area contributed by atoms with E-state index in [2.05, 4.69) is 15.6 Å². The second-order valence-electron chi connectivity index (χ2n) is 4.77. The van der Waals surface area contributed by atoms with Crippen molar-refractivity contribution in [1.82, 2.24) is 4.98 Å². The quantitative estimate of drug-likeness (QED) is 0.442. The summed E-state index contributed by atoms with van der Waals surface area (Å²) in [5, 5.41) is 16.8. The van der Waals surface area contributed by atoms with Crippen molar-refractivity contribution in [3.8, 4) is 0 Å². The predicted octanol–water partition coefficient (Wildman–Crippen LogP) is 1.94. The highest BCUT2D eigenvalue weighted by Crippen LogP contribution is 2.21. The van der Waals surface area contributed by atoms with Gasteiger partial charge in [-0.15, -0.1) is 11.3 Å². The van der Waals surface area contributed by atoms with Gasteiger partial charge >= 0.3 is 11.7 Å². The molecule has 0 aliphatic carbocycles. The number of ether oxygens (including phenoxy) is 1. The van der Waals surface area contributed by atoms with Crippen LogP contribution in [0.15, 0.2) is 23.6 Å². The summed E-state index contributed by atoms with van der Waals surface area (Å²) in [7, 11) is 0. The minimum atomic E-state index is -1.04. The molecule has 0 radical (unpaired) electrons. The first kappa shape index (κ1) is 18.9. The topological polar surface area (TPSA) is 141 Å². The average Bonchev–Trinajstić information content (AvgIpc) is 3.02. The molecule has 1 aromatic heterocycles. The molecule has 0 fully saturated rings. The number of esters is 1. The maximum Gasteiger partial charge on any atom is 0.358 e. The van der Waals surface area contributed by atoms with Gasteiger partial charge < -0.3 is 15.4 Å². The summed E-state index contributed by atoms with van der Waals surface area (Å²) in [6.45, 7) is 0.598. The number of benzene rings is 1. The molecule has 2 amide bonds. The number of carbonyl (C=O) groups excluding carboxylic acids is 3. The van der Waals surface area contributed by atoms with Gasteiger partial charge in [-0.25, -0.2) is 9.78 Å². The van der Waals surface area contributed by atoms with Crippen LogP contribution in [-0.2, 0) is 14.3 Å². The number of rotatable bonds is 6. The first-order chi connectivity index (χ1) is 12.3. The van der Waals surface area contributed by atoms with Crippen molar-refractivity contribution < 1.29 is 28.4 Å². The fraction of sp³-hybridized carbons (Fsp3) is 0.143. The first-order valence-electron chi connectivity index (χ1n) is 6.90. The van der Waals surface area contributed by atoms with Crippen molar-refractivity contribution in [3.63, 3.8) is 0 Å². The third kappa shape index (κ3) is 5.04. The van der Waals surface area contributed by atoms with E-state index in [-0.39, 0.29) is 22.4 Å². The monoisotopic (exact) mass is 382 g/mol. The lowest BCUT2D eigenvalue weighted by Gasteiger charge is -2.06. The molecule has 0 unspecified atom stereocenters. The SMILES string of the molecule is CC(=O)Nc1nc(C(=O)OCC(=O)Nc2ccc(F)c([N+](=O)[O-])c2)cs1. The van der Waals surface area contributed by atoms with Gasteiger partial charge in [-0.05, 0) is 12.1 Å². The zero-order valence-electron chi connectivity index (χ0n) is 13.1. The second-order valence-corrected chi connectivity index (χ2v) is 5.62. The maximum atomic E-state index is 13.2. The highest BCUT2D eigenvalue weighted by Gasteiger charge is 2.17. The van der Waals surface area contributed by atoms with E-state index >= 15 is 0 Å². The number of nitro benzene ring substituents is 1. The van der Waals surface area contributed by atoms with Crippen molar-refractivity contribution in [2.24, 2.45) is 0 Å². The normalized spacial score (nSPS) is 10.1. The summed E-state index contributed by atoms with van der Waals surface area (Å²) >= 11 is 1.00. The van der Waals surface area contributed by atoms with Gasteiger partial charge in [0.25, 0.3) is 5.91 Å². The number of aromatic nitrogens is 1. The average molecular weight is 382 g/mol. The minimum Gasteiger partial charge on any atom is -0.451 e. The molecule has 12 heteroatoms. The van der Waals surface area contributed by atoms with Crippen molar-refractivity contribution >= 4 is 45.6 Å². The smallest absolute Gasteiger partial charge is 0.358 e. The van der Waals surface area contributed by atoms with Gasteiger partial charge in [0.1, 0.15) is 0 Å². The van der Waals surface area contributed by atoms with E-state index in [0.29, 0.717) is 0 Å². The molecule has 2 aromatic rings. The number of anilines is 2. The van der Waals surface area contributed by atoms with Gasteiger partial charge in [-0.1, -0.05) is 0 Å². The third-order valence-corrected chi connectivity index (χ3v) is 3.51. The summed E-state index contributed by atoms with van der Waals surface area (Å²) in [5.41, 5.74) is -0.919. The van der Waals surface area contributed by atoms with Crippen LogP contribution in [0.3, 0.4) is 0 Å². The van der Waals surface area contributed by atoms with Crippen molar-refractivity contribution in [2.45, 2.75) is 6.92 Å². The summed E-state index contributed by atoms with van der Waals surface area (Å²) in [6, 6.07) is 2.80. The lowest BCUT2D eigenvalue weighted by atomic mass is 10.2. The van der Waals surface area contributed by atoms with E-state index in [9.17, 15) is 28.9 Å². The molecule has 0 bridgehead atoms. The minimum absolute atomic E-state index is 0.0271. The fourth-order valence-corrected chi connectivity index (χ4v) is 2.43. The summed E-state index contributed by atoms with van der Waals surface area (Å²) in [6.07, 6.45) is 0. The molecular weight excluding hydrogens is 371 g/mol. The molecule has 0 spiro atoms. The Morgan fingerprint density at radius 3 is 2.73 bits per heavy atom. The van der Waals surface area contributed by atoms with Gasteiger partial charge in [0, 0.05) is 24.1 Å². The van der Waals surface area contributed by atoms with Crippen LogP contribution in [-0.4, -0.2) is 34.3 Å². The van der Waals surface area contributed by atoms with Crippen LogP contribution in [0, 0.1) is 15.9 Å². The first-order valence-corrected chi connectivity index (χ1v) is 7.78. The molecule has 2 rings (SSSR count). The van der Waals surface area contributed by atoms with Crippen molar-refractivity contribution in [2.75, 3.05) is 17.2 Å². The Morgan fingerprint density at radius 1 is 1.35 bits per heavy atom. The van der Waals surface area contributed by atoms with Crippen LogP contribution < -0.4 is 10.6 Å². The molecular formula is C14H11FN4O6S. The lowest BCUT2D eigenvalue weighted by Crippen LogP contribution is -2.21. The predicted molar refractivity (Wildman–Crippen MR) is 88.4 cm³/mol. The molecule has 0 aliphatic rings. The van der Waals surface area contributed by atoms with E-state index in [4.69, 9.17) is 4.74 Å². The van der Waals surface area contributed by atoms with E-state index < -0.39 is 34.9 Å². The molecule has 2 N–H and O–H groups in total. The number of hydrogen-bond donors (Lipinski definition) is 2. The van der Waals surface area contributed by atoms with Crippen LogP contribution in [0.1, 0.15) is 17.4 Å². The van der Waals surface area contributed by atoms with Crippen LogP contribution in [0.4, 0.5) is 20.9 Å². The number of nitrogens with one attached hydrogen (secondary N) is 2. The Labute approximate surface area is 149 Å². The largest absolute Gasteiger partial charge is 0.451 e. The highest BCUT2D eigenvalue weighted by atomic mass is 32.1. The fourth-order valence-electron chi connectivity index (χ4n) is 1.71. The number of nitro groups is 1. The lowest BCUT2D eigenvalue weighted by molar-refractivity contribution is -0.387. The van der Waals surface area contributed by atoms with E-state index in [1.165, 1.54) is 12.3 Å². The maximum absolute atomic E-state index is 13.2. The Bertz CT molecular complexity index is 884. The molecule has 1 heterocycles. The summed E-state index contributed by atoms with van der Waals surface area (Å²) in [4.78, 5) is 47.9. The van der Waals surface area contributed by atoms with Crippen LogP contribution >= 0.6 is 11.3 Å². The zero-order valence-corrected chi connectivity index (χ0v) is 14.0. The number of halogens is 1. The molecule has 0 saturated carbocycles. The van der Waals surface area contributed by atoms with Gasteiger partial charge in [-0.3, -0.25) is 19.7 Å². The molecule has 0 atom stereocenters. The van der Waals surface area contributed by atoms with Crippen LogP contribution in [0.5, 0.6) is 0 Å². The van der Waals surface area contributed by atoms with Gasteiger partial charge in [0.05, 0.1) is 4.92 Å². The Morgan fingerprint density at radius 2 is 2.08 bits per heavy atom. The summed E-state index contributed by atoms with van der Waals surface area (Å²) < 4.78 is 18.0. The van der Waals surface area contributed by atoms with Crippen LogP contribution in [0.2, 0.25) is 0 Å². The zero-order chi connectivity index (χ0) is 19.3. The van der Waals surface area contributed by atoms with Crippen molar-refractivity contribution in [1.29, 1.82) is 0 Å². The third-order valence-electron chi connectivity index (χ3n) is 2.76. The Hall–Kier alpha value is -3.41. The van der Waals surface area contributed by atoms with Crippen LogP contribution in [0.25, 0.3) is 0 Å². The van der Waals surface area contributed by atoms with Gasteiger partial charge in [0.2, 0.25) is 11.7 Å². The molecule has 0 aliphatic heterocycles. The highest BCUT2D eigenvalue weighted by molar-refractivity contribution is 7.14. The number of thiazole rings is 1. The molecule has 10 nitrogen and oxygen atoms in total. The Balaban J connectivity index is 1.91. The Kier molecular flexibility index (Phi) is 5.90. The van der Waals surface area contributed by atoms with Gasteiger partial charge in [-0.2, -0.15) is 4.39 Å². The van der Waals surface area contributed by atoms with Gasteiger partial charge in [0.15, 0.2) is 17.4 Å². The van der Waals surface area contributed by atoms with E-state index in [1.807, 2.05) is 0 Å². The molecule has 26 heavy (non-hydrogen) atoms. The number of nitrogens with zero attached hydrogens (tertiary/aromatic N) is 2. The second kappa shape index (κ2) is 8.11. The molecule has 0 saturated heterocycles. The number of carbonyl (C=O) groups is 3. The number of hydrogen-bond acceptors (Lipinski definition) is 8. The van der Waals surface area contributed by atoms with E-state index in [1.54, 1.807) is 0 Å². The number of amides is 2. The van der Waals surface area contributed by atoms with Crippen molar-refractivity contribution in [3.05, 3.63) is 45.2 Å². The molecule has 136 valence electrons. The molecule has 1 aromatic carbocycles. The van der Waals surface area contributed by atoms with E-state index in [0.717, 1.165) is 29.5 Å². The summed E-state index contributed by atoms with van der Waals surface area (Å²) in [5.74, 6) is -3.07. The standard InChI is InChI=1S/C14H11FN4O6S/c1-7(20)16-14-18-10(6-26-14)13(22)25-5-12(21)17-8-2-3-9(15)11(4-8)19(23)24/h2-4,6H,5H2,1H3,(H,17,21)(H,16,18,20).